The van der Waals surface area contributed by atoms with Crippen molar-refractivity contribution in [3.63, 3.8) is 0 Å². The van der Waals surface area contributed by atoms with Crippen molar-refractivity contribution in [1.82, 2.24) is 4.98 Å². The number of pyridine rings is 1. The van der Waals surface area contributed by atoms with Gasteiger partial charge in [-0.1, -0.05) is 69.5 Å². The molecule has 3 N–H and O–H groups in total. The lowest BCUT2D eigenvalue weighted by atomic mass is 9.89. The number of aliphatic hydroxyl groups is 2. The third kappa shape index (κ3) is 7.06. The first-order chi connectivity index (χ1) is 18.3. The number of hydrogen-bond donors (Lipinski definition) is 3. The fourth-order valence-corrected chi connectivity index (χ4v) is 5.10. The van der Waals surface area contributed by atoms with Crippen molar-refractivity contribution in [2.75, 3.05) is 0 Å². The van der Waals surface area contributed by atoms with E-state index in [4.69, 9.17) is 10.1 Å². The molecule has 6 heteroatoms. The minimum absolute atomic E-state index is 0.0757. The SMILES string of the molecule is CCCCCC(C)c1ccc2c(-c3ccc(F)cc3)c(/C=C/[C@@H](O)C[C@@H](O)CC(=O)O)c(C3CC3)nc2c1. The Kier molecular flexibility index (Phi) is 9.29. The van der Waals surface area contributed by atoms with Gasteiger partial charge in [0, 0.05) is 28.9 Å². The number of aliphatic hydroxyl groups excluding tert-OH is 2. The van der Waals surface area contributed by atoms with Crippen LogP contribution in [-0.2, 0) is 4.79 Å². The molecule has 5 nitrogen and oxygen atoms in total. The molecule has 1 aliphatic carbocycles. The summed E-state index contributed by atoms with van der Waals surface area (Å²) in [6.45, 7) is 4.47. The van der Waals surface area contributed by atoms with Gasteiger partial charge in [0.2, 0.25) is 0 Å². The molecular weight excluding hydrogens is 481 g/mol. The number of aliphatic carboxylic acids is 1. The maximum absolute atomic E-state index is 13.8. The van der Waals surface area contributed by atoms with E-state index in [1.54, 1.807) is 18.2 Å². The molecule has 0 radical (unpaired) electrons. The fourth-order valence-electron chi connectivity index (χ4n) is 5.10. The summed E-state index contributed by atoms with van der Waals surface area (Å²) in [5.74, 6) is -0.671. The van der Waals surface area contributed by atoms with Gasteiger partial charge < -0.3 is 15.3 Å². The van der Waals surface area contributed by atoms with Gasteiger partial charge in [-0.3, -0.25) is 9.78 Å². The zero-order chi connectivity index (χ0) is 27.2. The molecular formula is C32H38FNO4. The smallest absolute Gasteiger partial charge is 0.305 e. The van der Waals surface area contributed by atoms with Gasteiger partial charge in [-0.05, 0) is 54.5 Å². The van der Waals surface area contributed by atoms with Crippen LogP contribution in [-0.4, -0.2) is 38.5 Å². The van der Waals surface area contributed by atoms with E-state index in [-0.39, 0.29) is 12.2 Å². The van der Waals surface area contributed by atoms with Gasteiger partial charge >= 0.3 is 5.97 Å². The molecule has 38 heavy (non-hydrogen) atoms. The average Bonchev–Trinajstić information content (AvgIpc) is 3.72. The van der Waals surface area contributed by atoms with Crippen molar-refractivity contribution < 1.29 is 24.5 Å². The van der Waals surface area contributed by atoms with Crippen LogP contribution in [0.15, 0.2) is 48.5 Å². The average molecular weight is 520 g/mol. The second-order valence-electron chi connectivity index (χ2n) is 10.7. The molecule has 1 heterocycles. The summed E-state index contributed by atoms with van der Waals surface area (Å²) in [6.07, 6.45) is 7.60. The standard InChI is InChI=1S/C32H38FNO4/c1-3-4-5-6-20(2)23-11-15-27-29(17-23)34-32(22-7-8-22)28(31(27)21-9-12-24(33)13-10-21)16-14-25(35)18-26(36)19-30(37)38/h9-17,20,22,25-26,35-36H,3-8,18-19H2,1-2H3,(H,37,38)/b16-14+/t20?,25-,26-/m1/s1. The second-order valence-corrected chi connectivity index (χ2v) is 10.7. The Bertz CT molecular complexity index is 1280. The molecule has 0 spiro atoms. The number of carbonyl (C=O) groups is 1. The minimum atomic E-state index is -1.14. The lowest BCUT2D eigenvalue weighted by molar-refractivity contribution is -0.139. The Morgan fingerprint density at radius 2 is 1.87 bits per heavy atom. The van der Waals surface area contributed by atoms with Crippen molar-refractivity contribution >= 4 is 22.9 Å². The third-order valence-corrected chi connectivity index (χ3v) is 7.39. The summed E-state index contributed by atoms with van der Waals surface area (Å²) in [7, 11) is 0. The molecule has 0 bridgehead atoms. The number of rotatable bonds is 13. The molecule has 3 aromatic rings. The highest BCUT2D eigenvalue weighted by Crippen LogP contribution is 2.45. The number of benzene rings is 2. The Labute approximate surface area is 224 Å². The molecule has 1 aromatic heterocycles. The summed E-state index contributed by atoms with van der Waals surface area (Å²) in [5.41, 5.74) is 5.82. The number of fused-ring (bicyclic) bond motifs is 1. The topological polar surface area (TPSA) is 90.7 Å². The Morgan fingerprint density at radius 3 is 2.53 bits per heavy atom. The molecule has 0 aliphatic heterocycles. The minimum Gasteiger partial charge on any atom is -0.481 e. The molecule has 1 fully saturated rings. The van der Waals surface area contributed by atoms with Crippen molar-refractivity contribution in [3.8, 4) is 11.1 Å². The van der Waals surface area contributed by atoms with Crippen LogP contribution in [0.4, 0.5) is 4.39 Å². The lowest BCUT2D eigenvalue weighted by Gasteiger charge is -2.18. The van der Waals surface area contributed by atoms with Crippen LogP contribution < -0.4 is 0 Å². The third-order valence-electron chi connectivity index (χ3n) is 7.39. The maximum Gasteiger partial charge on any atom is 0.305 e. The quantitative estimate of drug-likeness (QED) is 0.208. The summed E-state index contributed by atoms with van der Waals surface area (Å²) >= 11 is 0. The molecule has 202 valence electrons. The molecule has 1 aliphatic rings. The highest BCUT2D eigenvalue weighted by Gasteiger charge is 2.30. The predicted molar refractivity (Wildman–Crippen MR) is 150 cm³/mol. The Hall–Kier alpha value is -3.09. The predicted octanol–water partition coefficient (Wildman–Crippen LogP) is 7.20. The number of aromatic nitrogens is 1. The Balaban J connectivity index is 1.78. The lowest BCUT2D eigenvalue weighted by Crippen LogP contribution is -2.19. The number of unbranched alkanes of at least 4 members (excludes halogenated alkanes) is 2. The molecule has 3 atom stereocenters. The molecule has 1 unspecified atom stereocenters. The highest BCUT2D eigenvalue weighted by molar-refractivity contribution is 5.99. The van der Waals surface area contributed by atoms with E-state index in [9.17, 15) is 19.4 Å². The highest BCUT2D eigenvalue weighted by atomic mass is 19.1. The zero-order valence-electron chi connectivity index (χ0n) is 22.2. The van der Waals surface area contributed by atoms with Crippen molar-refractivity contribution in [1.29, 1.82) is 0 Å². The van der Waals surface area contributed by atoms with Gasteiger partial charge in [0.05, 0.1) is 29.8 Å². The second kappa shape index (κ2) is 12.6. The van der Waals surface area contributed by atoms with Crippen molar-refractivity contribution in [2.45, 2.75) is 89.3 Å². The molecule has 2 aromatic carbocycles. The Morgan fingerprint density at radius 1 is 1.13 bits per heavy atom. The van der Waals surface area contributed by atoms with Crippen LogP contribution in [0, 0.1) is 5.82 Å². The van der Waals surface area contributed by atoms with Gasteiger partial charge in [0.1, 0.15) is 5.82 Å². The van der Waals surface area contributed by atoms with Crippen LogP contribution in [0.2, 0.25) is 0 Å². The summed E-state index contributed by atoms with van der Waals surface area (Å²) < 4.78 is 13.8. The summed E-state index contributed by atoms with van der Waals surface area (Å²) in [6, 6.07) is 12.9. The van der Waals surface area contributed by atoms with Gasteiger partial charge in [0.15, 0.2) is 0 Å². The first-order valence-electron chi connectivity index (χ1n) is 13.8. The first kappa shape index (κ1) is 27.9. The van der Waals surface area contributed by atoms with Gasteiger partial charge in [-0.15, -0.1) is 0 Å². The van der Waals surface area contributed by atoms with Crippen LogP contribution >= 0.6 is 0 Å². The number of hydrogen-bond acceptors (Lipinski definition) is 4. The monoisotopic (exact) mass is 519 g/mol. The number of halogens is 1. The first-order valence-corrected chi connectivity index (χ1v) is 13.8. The largest absolute Gasteiger partial charge is 0.481 e. The van der Waals surface area contributed by atoms with Crippen molar-refractivity contribution in [3.05, 3.63) is 71.2 Å². The fraction of sp³-hybridized carbons (Fsp3) is 0.438. The molecule has 1 saturated carbocycles. The van der Waals surface area contributed by atoms with Crippen LogP contribution in [0.25, 0.3) is 28.1 Å². The summed E-state index contributed by atoms with van der Waals surface area (Å²) in [4.78, 5) is 16.0. The number of nitrogens with zero attached hydrogens (tertiary/aromatic N) is 1. The zero-order valence-corrected chi connectivity index (χ0v) is 22.2. The van der Waals surface area contributed by atoms with Gasteiger partial charge in [-0.2, -0.15) is 0 Å². The van der Waals surface area contributed by atoms with Crippen LogP contribution in [0.3, 0.4) is 0 Å². The van der Waals surface area contributed by atoms with E-state index in [2.05, 4.69) is 32.0 Å². The molecule has 0 saturated heterocycles. The van der Waals surface area contributed by atoms with E-state index in [1.165, 1.54) is 37.0 Å². The van der Waals surface area contributed by atoms with E-state index in [0.717, 1.165) is 52.5 Å². The van der Waals surface area contributed by atoms with E-state index >= 15 is 0 Å². The number of carboxylic acid groups (broad SMARTS) is 1. The van der Waals surface area contributed by atoms with E-state index in [1.807, 2.05) is 6.08 Å². The van der Waals surface area contributed by atoms with Crippen LogP contribution in [0.1, 0.15) is 93.9 Å². The molecule has 4 rings (SSSR count). The summed E-state index contributed by atoms with van der Waals surface area (Å²) in [5, 5.41) is 30.4. The number of carboxylic acids is 1. The maximum atomic E-state index is 13.8. The van der Waals surface area contributed by atoms with Crippen LogP contribution in [0.5, 0.6) is 0 Å². The normalized spacial score (nSPS) is 16.1. The van der Waals surface area contributed by atoms with Crippen molar-refractivity contribution in [2.24, 2.45) is 0 Å². The molecule has 0 amide bonds. The van der Waals surface area contributed by atoms with E-state index in [0.29, 0.717) is 11.8 Å². The van der Waals surface area contributed by atoms with Gasteiger partial charge in [-0.25, -0.2) is 4.39 Å². The van der Waals surface area contributed by atoms with E-state index < -0.39 is 24.6 Å². The van der Waals surface area contributed by atoms with Gasteiger partial charge in [0.25, 0.3) is 0 Å².